The first-order valence-corrected chi connectivity index (χ1v) is 10.5. The molecule has 1 aliphatic rings. The average molecular weight is 430 g/mol. The molecule has 31 heavy (non-hydrogen) atoms. The van der Waals surface area contributed by atoms with Crippen LogP contribution in [0, 0.1) is 13.8 Å². The van der Waals surface area contributed by atoms with E-state index in [1.165, 1.54) is 19.1 Å². The monoisotopic (exact) mass is 430 g/mol. The number of rotatable bonds is 5. The summed E-state index contributed by atoms with van der Waals surface area (Å²) >= 11 is 0. The second kappa shape index (κ2) is 7.98. The summed E-state index contributed by atoms with van der Waals surface area (Å²) in [6, 6.07) is 5.58. The van der Waals surface area contributed by atoms with E-state index in [4.69, 9.17) is 0 Å². The second-order valence-electron chi connectivity index (χ2n) is 8.14. The number of aromatic nitrogens is 3. The molecular formula is C23H25F3N4O. The maximum atomic E-state index is 13.4. The average Bonchev–Trinajstić information content (AvgIpc) is 2.65. The van der Waals surface area contributed by atoms with Gasteiger partial charge < -0.3 is 9.88 Å². The van der Waals surface area contributed by atoms with Crippen molar-refractivity contribution in [2.24, 2.45) is 0 Å². The van der Waals surface area contributed by atoms with Crippen LogP contribution in [0.4, 0.5) is 19.0 Å². The van der Waals surface area contributed by atoms with E-state index < -0.39 is 11.7 Å². The maximum Gasteiger partial charge on any atom is 0.416 e. The zero-order valence-electron chi connectivity index (χ0n) is 17.8. The predicted octanol–water partition coefficient (Wildman–Crippen LogP) is 5.72. The molecule has 0 radical (unpaired) electrons. The lowest BCUT2D eigenvalue weighted by Crippen LogP contribution is -2.28. The minimum absolute atomic E-state index is 0.0954. The molecule has 1 aromatic carbocycles. The highest BCUT2D eigenvalue weighted by atomic mass is 19.4. The Morgan fingerprint density at radius 1 is 1.23 bits per heavy atom. The van der Waals surface area contributed by atoms with Crippen LogP contribution >= 0.6 is 0 Å². The lowest BCUT2D eigenvalue weighted by molar-refractivity contribution is -0.138. The predicted molar refractivity (Wildman–Crippen MR) is 114 cm³/mol. The molecule has 0 aliphatic heterocycles. The van der Waals surface area contributed by atoms with Gasteiger partial charge in [-0.2, -0.15) is 13.2 Å². The summed E-state index contributed by atoms with van der Waals surface area (Å²) in [5.74, 6) is 1.02. The molecule has 1 fully saturated rings. The summed E-state index contributed by atoms with van der Waals surface area (Å²) in [6.07, 6.45) is 0.959. The highest BCUT2D eigenvalue weighted by Gasteiger charge is 2.33. The molecule has 2 aromatic heterocycles. The van der Waals surface area contributed by atoms with Crippen molar-refractivity contribution < 1.29 is 13.2 Å². The van der Waals surface area contributed by atoms with E-state index in [2.05, 4.69) is 15.3 Å². The number of alkyl halides is 3. The standard InChI is InChI=1S/C23H25F3N4O/c1-4-19(16-9-6-10-18(13(16)2)23(24,25)26)29-22-17-12-30(15-7-5-8-15)21(31)11-20(17)27-14(3)28-22/h6,9-12,15,19H,4-5,7-8H2,1-3H3,(H,27,28,29). The Labute approximate surface area is 178 Å². The number of halogens is 3. The number of anilines is 1. The molecule has 5 nitrogen and oxygen atoms in total. The van der Waals surface area contributed by atoms with Crippen molar-refractivity contribution >= 4 is 16.7 Å². The number of fused-ring (bicyclic) bond motifs is 1. The lowest BCUT2D eigenvalue weighted by Gasteiger charge is -2.28. The fraction of sp³-hybridized carbons (Fsp3) is 0.435. The van der Waals surface area contributed by atoms with Crippen LogP contribution in [0.3, 0.4) is 0 Å². The van der Waals surface area contributed by atoms with E-state index in [0.29, 0.717) is 34.5 Å². The Bertz CT molecular complexity index is 1180. The van der Waals surface area contributed by atoms with Gasteiger partial charge >= 0.3 is 6.18 Å². The summed E-state index contributed by atoms with van der Waals surface area (Å²) < 4.78 is 42.0. The molecule has 1 atom stereocenters. The van der Waals surface area contributed by atoms with Crippen LogP contribution in [0.2, 0.25) is 0 Å². The first-order chi connectivity index (χ1) is 14.7. The van der Waals surface area contributed by atoms with Gasteiger partial charge in [0.2, 0.25) is 0 Å². The smallest absolute Gasteiger partial charge is 0.363 e. The second-order valence-corrected chi connectivity index (χ2v) is 8.14. The molecule has 164 valence electrons. The normalized spacial score (nSPS) is 15.7. The summed E-state index contributed by atoms with van der Waals surface area (Å²) in [4.78, 5) is 21.5. The van der Waals surface area contributed by atoms with Gasteiger partial charge in [-0.1, -0.05) is 19.1 Å². The van der Waals surface area contributed by atoms with E-state index in [0.717, 1.165) is 25.3 Å². The molecule has 8 heteroatoms. The molecule has 3 aromatic rings. The Kier molecular flexibility index (Phi) is 5.49. The summed E-state index contributed by atoms with van der Waals surface area (Å²) in [5.41, 5.74) is 0.589. The van der Waals surface area contributed by atoms with Gasteiger partial charge in [0.05, 0.1) is 22.5 Å². The van der Waals surface area contributed by atoms with Crippen LogP contribution in [0.5, 0.6) is 0 Å². The summed E-state index contributed by atoms with van der Waals surface area (Å²) in [6.45, 7) is 5.15. The van der Waals surface area contributed by atoms with Crippen molar-refractivity contribution in [2.75, 3.05) is 5.32 Å². The van der Waals surface area contributed by atoms with Gasteiger partial charge in [-0.05, 0) is 56.7 Å². The van der Waals surface area contributed by atoms with Gasteiger partial charge in [0.15, 0.2) is 0 Å². The largest absolute Gasteiger partial charge is 0.416 e. The molecule has 1 unspecified atom stereocenters. The fourth-order valence-corrected chi connectivity index (χ4v) is 4.20. The quantitative estimate of drug-likeness (QED) is 0.563. The van der Waals surface area contributed by atoms with E-state index in [-0.39, 0.29) is 23.2 Å². The van der Waals surface area contributed by atoms with Crippen molar-refractivity contribution in [2.45, 2.75) is 64.7 Å². The summed E-state index contributed by atoms with van der Waals surface area (Å²) in [7, 11) is 0. The van der Waals surface area contributed by atoms with Crippen molar-refractivity contribution in [1.82, 2.24) is 14.5 Å². The van der Waals surface area contributed by atoms with Gasteiger partial charge in [0.1, 0.15) is 11.6 Å². The number of hydrogen-bond acceptors (Lipinski definition) is 4. The van der Waals surface area contributed by atoms with Crippen LogP contribution < -0.4 is 10.9 Å². The Balaban J connectivity index is 1.79. The van der Waals surface area contributed by atoms with Gasteiger partial charge in [0, 0.05) is 18.3 Å². The third-order valence-electron chi connectivity index (χ3n) is 6.11. The van der Waals surface area contributed by atoms with E-state index in [1.54, 1.807) is 23.8 Å². The topological polar surface area (TPSA) is 59.8 Å². The fourth-order valence-electron chi connectivity index (χ4n) is 4.20. The summed E-state index contributed by atoms with van der Waals surface area (Å²) in [5, 5.41) is 4.03. The van der Waals surface area contributed by atoms with Gasteiger partial charge in [-0.25, -0.2) is 9.97 Å². The van der Waals surface area contributed by atoms with E-state index in [1.807, 2.05) is 6.92 Å². The number of nitrogens with zero attached hydrogens (tertiary/aromatic N) is 3. The molecule has 0 amide bonds. The van der Waals surface area contributed by atoms with Gasteiger partial charge in [-0.15, -0.1) is 0 Å². The maximum absolute atomic E-state index is 13.4. The molecule has 2 heterocycles. The third kappa shape index (κ3) is 4.03. The zero-order valence-corrected chi connectivity index (χ0v) is 17.8. The molecule has 1 saturated carbocycles. The van der Waals surface area contributed by atoms with Crippen LogP contribution in [0.15, 0.2) is 35.3 Å². The van der Waals surface area contributed by atoms with Crippen LogP contribution in [-0.2, 0) is 6.18 Å². The van der Waals surface area contributed by atoms with Crippen LogP contribution in [0.1, 0.15) is 67.2 Å². The lowest BCUT2D eigenvalue weighted by atomic mass is 9.92. The minimum Gasteiger partial charge on any atom is -0.363 e. The third-order valence-corrected chi connectivity index (χ3v) is 6.11. The number of hydrogen-bond donors (Lipinski definition) is 1. The molecule has 4 rings (SSSR count). The van der Waals surface area contributed by atoms with Crippen LogP contribution in [-0.4, -0.2) is 14.5 Å². The first kappa shape index (κ1) is 21.3. The molecule has 1 N–H and O–H groups in total. The highest BCUT2D eigenvalue weighted by Crippen LogP contribution is 2.37. The number of nitrogens with one attached hydrogen (secondary N) is 1. The molecular weight excluding hydrogens is 405 g/mol. The van der Waals surface area contributed by atoms with Gasteiger partial charge in [-0.3, -0.25) is 4.79 Å². The zero-order chi connectivity index (χ0) is 22.3. The van der Waals surface area contributed by atoms with Gasteiger partial charge in [0.25, 0.3) is 5.56 Å². The van der Waals surface area contributed by atoms with Crippen molar-refractivity contribution in [1.29, 1.82) is 0 Å². The van der Waals surface area contributed by atoms with Crippen molar-refractivity contribution in [3.05, 3.63) is 63.3 Å². The SMILES string of the molecule is CCC(Nc1nc(C)nc2cc(=O)n(C3CCC3)cc12)c1cccc(C(F)(F)F)c1C. The van der Waals surface area contributed by atoms with Crippen LogP contribution in [0.25, 0.3) is 10.9 Å². The number of aryl methyl sites for hydroxylation is 1. The van der Waals surface area contributed by atoms with Crippen molar-refractivity contribution in [3.8, 4) is 0 Å². The highest BCUT2D eigenvalue weighted by molar-refractivity contribution is 5.88. The number of pyridine rings is 1. The Morgan fingerprint density at radius 2 is 1.97 bits per heavy atom. The molecule has 0 bridgehead atoms. The molecule has 0 spiro atoms. The minimum atomic E-state index is -4.41. The Morgan fingerprint density at radius 3 is 2.58 bits per heavy atom. The molecule has 1 aliphatic carbocycles. The Hall–Kier alpha value is -2.90. The first-order valence-electron chi connectivity index (χ1n) is 10.5. The van der Waals surface area contributed by atoms with E-state index in [9.17, 15) is 18.0 Å². The number of benzene rings is 1. The van der Waals surface area contributed by atoms with Crippen molar-refractivity contribution in [3.63, 3.8) is 0 Å². The molecule has 0 saturated heterocycles. The van der Waals surface area contributed by atoms with E-state index >= 15 is 0 Å².